The fourth-order valence-corrected chi connectivity index (χ4v) is 6.08. The van der Waals surface area contributed by atoms with Crippen molar-refractivity contribution in [2.24, 2.45) is 0 Å². The van der Waals surface area contributed by atoms with Crippen molar-refractivity contribution in [1.82, 2.24) is 19.5 Å². The fourth-order valence-electron chi connectivity index (χ4n) is 4.97. The standard InChI is InChI=1S/C30H36BFN4O3S/c1-8-20-15-25(28(37)35-12-11-26-22(18(35)3)13-17(2)40-26)33-27-16-24(34-36(20)27)21-10-9-19(14-23(21)32)31-39-30(6,7)29(4,5)38/h9-10,13-16,18,31,38H,8,11-12H2,1-7H3. The highest BCUT2D eigenvalue weighted by molar-refractivity contribution is 7.12. The minimum Gasteiger partial charge on any atom is -0.427 e. The minimum atomic E-state index is -1.05. The van der Waals surface area contributed by atoms with Crippen LogP contribution in [0.1, 0.15) is 79.1 Å². The molecule has 210 valence electrons. The van der Waals surface area contributed by atoms with Crippen LogP contribution < -0.4 is 5.46 Å². The zero-order chi connectivity index (χ0) is 29.0. The van der Waals surface area contributed by atoms with Crippen molar-refractivity contribution in [3.8, 4) is 11.3 Å². The molecular formula is C30H36BFN4O3S. The van der Waals surface area contributed by atoms with Gasteiger partial charge in [0.05, 0.1) is 22.9 Å². The molecule has 0 saturated carbocycles. The monoisotopic (exact) mass is 562 g/mol. The van der Waals surface area contributed by atoms with E-state index in [9.17, 15) is 9.90 Å². The van der Waals surface area contributed by atoms with Gasteiger partial charge in [-0.25, -0.2) is 13.9 Å². The fraction of sp³-hybridized carbons (Fsp3) is 0.433. The SMILES string of the molecule is CCc1cc(C(=O)N2CCc3sc(C)cc3C2C)nc2cc(-c3ccc(BOC(C)(C)C(C)(C)O)cc3F)nn12. The van der Waals surface area contributed by atoms with E-state index in [1.54, 1.807) is 67.8 Å². The van der Waals surface area contributed by atoms with Gasteiger partial charge in [0, 0.05) is 33.6 Å². The molecule has 0 bridgehead atoms. The number of hydrogen-bond donors (Lipinski definition) is 1. The van der Waals surface area contributed by atoms with Crippen molar-refractivity contribution < 1.29 is 18.9 Å². The van der Waals surface area contributed by atoms with Crippen LogP contribution >= 0.6 is 11.3 Å². The van der Waals surface area contributed by atoms with Gasteiger partial charge in [0.15, 0.2) is 5.65 Å². The van der Waals surface area contributed by atoms with Gasteiger partial charge in [0.2, 0.25) is 0 Å². The van der Waals surface area contributed by atoms with Crippen molar-refractivity contribution in [2.75, 3.05) is 6.54 Å². The molecule has 1 aliphatic heterocycles. The average molecular weight is 563 g/mol. The number of fused-ring (bicyclic) bond motifs is 2. The molecule has 1 atom stereocenters. The summed E-state index contributed by atoms with van der Waals surface area (Å²) in [6.45, 7) is 13.8. The van der Waals surface area contributed by atoms with Gasteiger partial charge in [0.1, 0.15) is 11.5 Å². The number of nitrogens with zero attached hydrogens (tertiary/aromatic N) is 4. The average Bonchev–Trinajstić information content (AvgIpc) is 3.49. The van der Waals surface area contributed by atoms with E-state index in [0.717, 1.165) is 12.1 Å². The summed E-state index contributed by atoms with van der Waals surface area (Å²) in [5.74, 6) is -0.532. The molecule has 40 heavy (non-hydrogen) atoms. The summed E-state index contributed by atoms with van der Waals surface area (Å²) in [5, 5.41) is 15.0. The zero-order valence-corrected chi connectivity index (χ0v) is 25.0. The number of hydrogen-bond acceptors (Lipinski definition) is 6. The topological polar surface area (TPSA) is 80.0 Å². The largest absolute Gasteiger partial charge is 0.427 e. The molecule has 7 nitrogen and oxygen atoms in total. The first-order chi connectivity index (χ1) is 18.8. The Morgan fingerprint density at radius 1 is 1.23 bits per heavy atom. The first-order valence-corrected chi connectivity index (χ1v) is 14.6. The summed E-state index contributed by atoms with van der Waals surface area (Å²) in [4.78, 5) is 22.8. The van der Waals surface area contributed by atoms with E-state index >= 15 is 4.39 Å². The number of aromatic nitrogens is 3. The highest BCUT2D eigenvalue weighted by Crippen LogP contribution is 2.36. The first kappa shape index (κ1) is 28.5. The van der Waals surface area contributed by atoms with Gasteiger partial charge in [-0.3, -0.25) is 4.79 Å². The summed E-state index contributed by atoms with van der Waals surface area (Å²) in [6, 6.07) is 10.6. The van der Waals surface area contributed by atoms with Crippen LogP contribution in [0.5, 0.6) is 0 Å². The third-order valence-electron chi connectivity index (χ3n) is 8.19. The van der Waals surface area contributed by atoms with E-state index in [-0.39, 0.29) is 19.4 Å². The number of aryl methyl sites for hydroxylation is 2. The van der Waals surface area contributed by atoms with Gasteiger partial charge in [0.25, 0.3) is 5.91 Å². The molecule has 1 unspecified atom stereocenters. The van der Waals surface area contributed by atoms with Crippen LogP contribution in [0, 0.1) is 12.7 Å². The Labute approximate surface area is 239 Å². The molecule has 0 fully saturated rings. The highest BCUT2D eigenvalue weighted by Gasteiger charge is 2.36. The van der Waals surface area contributed by atoms with E-state index in [1.165, 1.54) is 21.4 Å². The van der Waals surface area contributed by atoms with E-state index in [4.69, 9.17) is 4.65 Å². The van der Waals surface area contributed by atoms with Crippen LogP contribution in [-0.2, 0) is 17.5 Å². The number of carbonyl (C=O) groups excluding carboxylic acids is 1. The lowest BCUT2D eigenvalue weighted by molar-refractivity contribution is -0.0893. The molecule has 0 radical (unpaired) electrons. The summed E-state index contributed by atoms with van der Waals surface area (Å²) in [6.07, 6.45) is 1.48. The molecule has 0 spiro atoms. The van der Waals surface area contributed by atoms with E-state index in [2.05, 4.69) is 30.0 Å². The maximum absolute atomic E-state index is 15.3. The second-order valence-electron chi connectivity index (χ2n) is 11.6. The van der Waals surface area contributed by atoms with Gasteiger partial charge in [-0.2, -0.15) is 5.10 Å². The first-order valence-electron chi connectivity index (χ1n) is 13.7. The van der Waals surface area contributed by atoms with Crippen LogP contribution in [0.4, 0.5) is 4.39 Å². The third-order valence-corrected chi connectivity index (χ3v) is 9.31. The molecule has 10 heteroatoms. The maximum atomic E-state index is 15.3. The lowest BCUT2D eigenvalue weighted by Gasteiger charge is -2.37. The summed E-state index contributed by atoms with van der Waals surface area (Å²) < 4.78 is 22.9. The van der Waals surface area contributed by atoms with Crippen molar-refractivity contribution >= 4 is 35.8 Å². The molecular weight excluding hydrogens is 526 g/mol. The van der Waals surface area contributed by atoms with Crippen molar-refractivity contribution in [2.45, 2.75) is 78.6 Å². The van der Waals surface area contributed by atoms with E-state index in [0.29, 0.717) is 41.0 Å². The Hall–Kier alpha value is -3.08. The molecule has 3 aromatic heterocycles. The Morgan fingerprint density at radius 3 is 2.65 bits per heavy atom. The molecule has 0 aliphatic carbocycles. The van der Waals surface area contributed by atoms with Gasteiger partial charge < -0.3 is 14.7 Å². The number of aliphatic hydroxyl groups is 1. The van der Waals surface area contributed by atoms with Gasteiger partial charge >= 0.3 is 7.48 Å². The number of thiophene rings is 1. The van der Waals surface area contributed by atoms with Crippen LogP contribution in [0.25, 0.3) is 16.9 Å². The normalized spacial score (nSPS) is 15.9. The summed E-state index contributed by atoms with van der Waals surface area (Å²) in [7, 11) is 0.160. The van der Waals surface area contributed by atoms with Crippen molar-refractivity contribution in [3.05, 3.63) is 68.9 Å². The van der Waals surface area contributed by atoms with E-state index in [1.807, 2.05) is 11.8 Å². The number of halogens is 1. The lowest BCUT2D eigenvalue weighted by atomic mass is 9.82. The van der Waals surface area contributed by atoms with Crippen LogP contribution in [0.2, 0.25) is 0 Å². The Kier molecular flexibility index (Phi) is 7.39. The maximum Gasteiger partial charge on any atom is 0.309 e. The Bertz CT molecular complexity index is 1590. The van der Waals surface area contributed by atoms with Gasteiger partial charge in [-0.1, -0.05) is 19.1 Å². The highest BCUT2D eigenvalue weighted by atomic mass is 32.1. The number of carbonyl (C=O) groups is 1. The predicted octanol–water partition coefficient (Wildman–Crippen LogP) is 4.77. The smallest absolute Gasteiger partial charge is 0.309 e. The third kappa shape index (κ3) is 5.20. The zero-order valence-electron chi connectivity index (χ0n) is 24.2. The second kappa shape index (κ2) is 10.4. The van der Waals surface area contributed by atoms with E-state index < -0.39 is 17.0 Å². The molecule has 1 N–H and O–H groups in total. The number of benzene rings is 1. The molecule has 4 heterocycles. The molecule has 1 amide bonds. The van der Waals surface area contributed by atoms with Crippen molar-refractivity contribution in [1.29, 1.82) is 0 Å². The Balaban J connectivity index is 1.42. The van der Waals surface area contributed by atoms with Crippen molar-refractivity contribution in [3.63, 3.8) is 0 Å². The predicted molar refractivity (Wildman–Crippen MR) is 158 cm³/mol. The van der Waals surface area contributed by atoms with Crippen LogP contribution in [0.15, 0.2) is 36.4 Å². The second-order valence-corrected chi connectivity index (χ2v) is 13.0. The van der Waals surface area contributed by atoms with Gasteiger partial charge in [-0.05, 0) is 83.6 Å². The summed E-state index contributed by atoms with van der Waals surface area (Å²) in [5.41, 5.74) is 2.52. The molecule has 0 saturated heterocycles. The summed E-state index contributed by atoms with van der Waals surface area (Å²) >= 11 is 1.81. The molecule has 1 aliphatic rings. The molecule has 4 aromatic rings. The van der Waals surface area contributed by atoms with Crippen LogP contribution in [-0.4, -0.2) is 55.7 Å². The molecule has 5 rings (SSSR count). The lowest BCUT2D eigenvalue weighted by Crippen LogP contribution is -2.49. The van der Waals surface area contributed by atoms with Gasteiger partial charge in [-0.15, -0.1) is 11.3 Å². The Morgan fingerprint density at radius 2 is 1.98 bits per heavy atom. The number of rotatable bonds is 7. The van der Waals surface area contributed by atoms with Crippen LogP contribution in [0.3, 0.4) is 0 Å². The minimum absolute atomic E-state index is 0.0182. The molecule has 1 aromatic carbocycles. The number of amides is 1. The quantitative estimate of drug-likeness (QED) is 0.329.